The molecule has 7 N–H and O–H groups in total. The first-order chi connectivity index (χ1) is 7.99. The summed E-state index contributed by atoms with van der Waals surface area (Å²) >= 11 is 0. The highest BCUT2D eigenvalue weighted by molar-refractivity contribution is 5.71. The number of nitrogens with zero attached hydrogens (tertiary/aromatic N) is 1. The average molecular weight is 250 g/mol. The van der Waals surface area contributed by atoms with Crippen LogP contribution in [0.25, 0.3) is 0 Å². The standard InChI is InChI=1S/C5H13N3O2.C4H9NO2/c6-3-1-2-4-8(7)5(9)10;1-2-7-4(6)3-5/h1-4,6-7H2,(H,9,10);2-3,5H2,1H3. The summed E-state index contributed by atoms with van der Waals surface area (Å²) in [4.78, 5) is 20.1. The van der Waals surface area contributed by atoms with E-state index < -0.39 is 6.09 Å². The van der Waals surface area contributed by atoms with Gasteiger partial charge >= 0.3 is 12.1 Å². The van der Waals surface area contributed by atoms with Gasteiger partial charge < -0.3 is 21.3 Å². The van der Waals surface area contributed by atoms with Crippen LogP contribution in [0.4, 0.5) is 4.79 Å². The molecule has 102 valence electrons. The number of hydrogen-bond acceptors (Lipinski definition) is 6. The number of ether oxygens (including phenoxy) is 1. The molecule has 0 aliphatic heterocycles. The summed E-state index contributed by atoms with van der Waals surface area (Å²) in [6.07, 6.45) is 0.428. The lowest BCUT2D eigenvalue weighted by atomic mass is 10.3. The Morgan fingerprint density at radius 1 is 1.29 bits per heavy atom. The zero-order chi connectivity index (χ0) is 13.7. The minimum Gasteiger partial charge on any atom is -0.465 e. The molecular formula is C9H22N4O4. The zero-order valence-corrected chi connectivity index (χ0v) is 10.1. The van der Waals surface area contributed by atoms with Crippen molar-refractivity contribution in [3.63, 3.8) is 0 Å². The summed E-state index contributed by atoms with van der Waals surface area (Å²) in [5, 5.41) is 9.01. The number of nitrogens with two attached hydrogens (primary N) is 3. The van der Waals surface area contributed by atoms with Gasteiger partial charge in [-0.25, -0.2) is 15.6 Å². The number of hydrogen-bond donors (Lipinski definition) is 4. The zero-order valence-electron chi connectivity index (χ0n) is 10.1. The quantitative estimate of drug-likeness (QED) is 0.157. The molecule has 0 bridgehead atoms. The van der Waals surface area contributed by atoms with Gasteiger partial charge in [0.25, 0.3) is 0 Å². The van der Waals surface area contributed by atoms with Crippen molar-refractivity contribution in [2.45, 2.75) is 19.8 Å². The number of amides is 1. The fraction of sp³-hybridized carbons (Fsp3) is 0.778. The molecule has 0 radical (unpaired) electrons. The number of unbranched alkanes of at least 4 members (excludes halogenated alkanes) is 1. The smallest absolute Gasteiger partial charge is 0.421 e. The molecule has 0 spiro atoms. The van der Waals surface area contributed by atoms with Crippen LogP contribution < -0.4 is 17.3 Å². The fourth-order valence-electron chi connectivity index (χ4n) is 0.742. The number of hydrazine groups is 1. The molecule has 0 saturated carbocycles. The predicted octanol–water partition coefficient (Wildman–Crippen LogP) is -0.913. The van der Waals surface area contributed by atoms with E-state index in [1.54, 1.807) is 6.92 Å². The second-order valence-electron chi connectivity index (χ2n) is 2.98. The monoisotopic (exact) mass is 250 g/mol. The molecule has 0 aliphatic rings. The van der Waals surface area contributed by atoms with E-state index in [0.29, 0.717) is 19.7 Å². The number of carbonyl (C=O) groups excluding carboxylic acids is 1. The second-order valence-corrected chi connectivity index (χ2v) is 2.98. The highest BCUT2D eigenvalue weighted by atomic mass is 16.5. The molecule has 0 fully saturated rings. The van der Waals surface area contributed by atoms with Gasteiger partial charge in [-0.3, -0.25) is 4.79 Å². The van der Waals surface area contributed by atoms with Gasteiger partial charge in [-0.05, 0) is 26.3 Å². The van der Waals surface area contributed by atoms with E-state index in [2.05, 4.69) is 4.74 Å². The van der Waals surface area contributed by atoms with Gasteiger partial charge in [-0.1, -0.05) is 0 Å². The van der Waals surface area contributed by atoms with E-state index in [-0.39, 0.29) is 12.5 Å². The van der Waals surface area contributed by atoms with Crippen molar-refractivity contribution in [2.75, 3.05) is 26.2 Å². The van der Waals surface area contributed by atoms with E-state index in [1.807, 2.05) is 0 Å². The second kappa shape index (κ2) is 12.7. The fourth-order valence-corrected chi connectivity index (χ4v) is 0.742. The first-order valence-corrected chi connectivity index (χ1v) is 5.30. The molecule has 0 aromatic carbocycles. The number of rotatable bonds is 6. The molecule has 0 unspecified atom stereocenters. The van der Waals surface area contributed by atoms with Crippen molar-refractivity contribution in [1.29, 1.82) is 0 Å². The highest BCUT2D eigenvalue weighted by Gasteiger charge is 2.03. The third-order valence-electron chi connectivity index (χ3n) is 1.57. The lowest BCUT2D eigenvalue weighted by Gasteiger charge is -2.10. The topological polar surface area (TPSA) is 145 Å². The van der Waals surface area contributed by atoms with Gasteiger partial charge in [0.05, 0.1) is 13.2 Å². The molecule has 8 heteroatoms. The van der Waals surface area contributed by atoms with Gasteiger partial charge in [0.2, 0.25) is 0 Å². The molecule has 0 aromatic rings. The minimum absolute atomic E-state index is 0.0200. The van der Waals surface area contributed by atoms with Gasteiger partial charge in [0, 0.05) is 6.54 Å². The van der Waals surface area contributed by atoms with Crippen LogP contribution in [0.1, 0.15) is 19.8 Å². The molecule has 0 aliphatic carbocycles. The van der Waals surface area contributed by atoms with Crippen LogP contribution >= 0.6 is 0 Å². The van der Waals surface area contributed by atoms with Crippen molar-refractivity contribution in [2.24, 2.45) is 17.3 Å². The SMILES string of the molecule is CCOC(=O)CN.NCCCCN(N)C(=O)O. The van der Waals surface area contributed by atoms with Crippen LogP contribution in [0, 0.1) is 0 Å². The largest absolute Gasteiger partial charge is 0.465 e. The maximum absolute atomic E-state index is 10.1. The molecular weight excluding hydrogens is 228 g/mol. The maximum atomic E-state index is 10.1. The summed E-state index contributed by atoms with van der Waals surface area (Å²) in [6, 6.07) is 0. The third kappa shape index (κ3) is 14.6. The number of carboxylic acid groups (broad SMARTS) is 1. The van der Waals surface area contributed by atoms with Crippen LogP contribution in [-0.4, -0.2) is 48.4 Å². The van der Waals surface area contributed by atoms with E-state index >= 15 is 0 Å². The summed E-state index contributed by atoms with van der Waals surface area (Å²) in [5.74, 6) is 4.71. The average Bonchev–Trinajstić information content (AvgIpc) is 2.30. The van der Waals surface area contributed by atoms with E-state index in [4.69, 9.17) is 22.4 Å². The Kier molecular flexibility index (Phi) is 13.4. The summed E-state index contributed by atoms with van der Waals surface area (Å²) < 4.78 is 4.43. The van der Waals surface area contributed by atoms with Crippen molar-refractivity contribution in [3.05, 3.63) is 0 Å². The van der Waals surface area contributed by atoms with Crippen molar-refractivity contribution < 1.29 is 19.4 Å². The molecule has 0 atom stereocenters. The summed E-state index contributed by atoms with van der Waals surface area (Å²) in [5.41, 5.74) is 10.1. The lowest BCUT2D eigenvalue weighted by molar-refractivity contribution is -0.141. The molecule has 17 heavy (non-hydrogen) atoms. The number of carbonyl (C=O) groups is 2. The molecule has 0 saturated heterocycles. The minimum atomic E-state index is -1.10. The lowest BCUT2D eigenvalue weighted by Crippen LogP contribution is -2.36. The number of esters is 1. The van der Waals surface area contributed by atoms with Crippen molar-refractivity contribution in [3.8, 4) is 0 Å². The van der Waals surface area contributed by atoms with Crippen molar-refractivity contribution in [1.82, 2.24) is 5.01 Å². The molecule has 0 heterocycles. The maximum Gasteiger partial charge on any atom is 0.421 e. The van der Waals surface area contributed by atoms with Gasteiger partial charge in [-0.2, -0.15) is 0 Å². The first-order valence-electron chi connectivity index (χ1n) is 5.30. The van der Waals surface area contributed by atoms with E-state index in [9.17, 15) is 9.59 Å². The highest BCUT2D eigenvalue weighted by Crippen LogP contribution is 1.88. The third-order valence-corrected chi connectivity index (χ3v) is 1.57. The van der Waals surface area contributed by atoms with Gasteiger partial charge in [0.1, 0.15) is 0 Å². The normalized spacial score (nSPS) is 8.94. The summed E-state index contributed by atoms with van der Waals surface area (Å²) in [6.45, 7) is 3.07. The first kappa shape index (κ1) is 18.0. The Hall–Kier alpha value is -1.38. The Morgan fingerprint density at radius 3 is 2.18 bits per heavy atom. The van der Waals surface area contributed by atoms with E-state index in [1.165, 1.54) is 0 Å². The van der Waals surface area contributed by atoms with Crippen LogP contribution in [-0.2, 0) is 9.53 Å². The van der Waals surface area contributed by atoms with E-state index in [0.717, 1.165) is 17.9 Å². The molecule has 8 nitrogen and oxygen atoms in total. The molecule has 0 rings (SSSR count). The van der Waals surface area contributed by atoms with Crippen molar-refractivity contribution >= 4 is 12.1 Å². The predicted molar refractivity (Wildman–Crippen MR) is 62.9 cm³/mol. The molecule has 0 aromatic heterocycles. The molecule has 1 amide bonds. The summed E-state index contributed by atoms with van der Waals surface area (Å²) in [7, 11) is 0. The van der Waals surface area contributed by atoms with Crippen LogP contribution in [0.3, 0.4) is 0 Å². The Morgan fingerprint density at radius 2 is 1.88 bits per heavy atom. The Bertz CT molecular complexity index is 213. The Labute approximate surface area is 101 Å². The van der Waals surface area contributed by atoms with Gasteiger partial charge in [-0.15, -0.1) is 0 Å². The van der Waals surface area contributed by atoms with Crippen LogP contribution in [0.5, 0.6) is 0 Å². The van der Waals surface area contributed by atoms with Gasteiger partial charge in [0.15, 0.2) is 0 Å². The Balaban J connectivity index is 0. The van der Waals surface area contributed by atoms with Crippen LogP contribution in [0.2, 0.25) is 0 Å². The van der Waals surface area contributed by atoms with Crippen LogP contribution in [0.15, 0.2) is 0 Å².